The number of sulfone groups is 1. The quantitative estimate of drug-likeness (QED) is 0.743. The first-order valence-corrected chi connectivity index (χ1v) is 10.0. The molecule has 25 heavy (non-hydrogen) atoms. The van der Waals surface area contributed by atoms with Crippen molar-refractivity contribution in [2.24, 2.45) is 0 Å². The molecule has 1 aromatic rings. The number of hydrogen-bond acceptors (Lipinski definition) is 6. The Labute approximate surface area is 147 Å². The first kappa shape index (κ1) is 19.4. The Morgan fingerprint density at radius 1 is 1.32 bits per heavy atom. The molecule has 7 nitrogen and oxygen atoms in total. The van der Waals surface area contributed by atoms with Gasteiger partial charge in [0.2, 0.25) is 0 Å². The third kappa shape index (κ3) is 4.79. The molecule has 0 aromatic heterocycles. The maximum absolute atomic E-state index is 12.6. The number of aliphatic hydroxyl groups excluding tert-OH is 1. The van der Waals surface area contributed by atoms with Gasteiger partial charge < -0.3 is 14.7 Å². The van der Waals surface area contributed by atoms with Crippen LogP contribution in [0.5, 0.6) is 0 Å². The van der Waals surface area contributed by atoms with E-state index in [1.807, 2.05) is 0 Å². The highest BCUT2D eigenvalue weighted by Crippen LogP contribution is 2.19. The minimum atomic E-state index is -3.10. The molecule has 138 valence electrons. The Hall–Kier alpha value is -1.93. The van der Waals surface area contributed by atoms with Crippen molar-refractivity contribution in [2.75, 3.05) is 18.1 Å². The maximum Gasteiger partial charge on any atom is 0.338 e. The number of likely N-dealkylation sites (N-methyl/N-ethyl adjacent to an activating group) is 1. The van der Waals surface area contributed by atoms with Crippen molar-refractivity contribution in [2.45, 2.75) is 39.0 Å². The van der Waals surface area contributed by atoms with Gasteiger partial charge in [-0.3, -0.25) is 4.79 Å². The SMILES string of the molecule is CCN(C(=O)[C@@H](C)OC(=O)c1ccc(CO)cc1)[C@H]1CCS(=O)(=O)C1. The molecule has 1 aromatic carbocycles. The van der Waals surface area contributed by atoms with Crippen molar-refractivity contribution in [3.8, 4) is 0 Å². The highest BCUT2D eigenvalue weighted by atomic mass is 32.2. The third-order valence-electron chi connectivity index (χ3n) is 4.28. The predicted molar refractivity (Wildman–Crippen MR) is 91.7 cm³/mol. The number of benzene rings is 1. The number of nitrogens with zero attached hydrogens (tertiary/aromatic N) is 1. The van der Waals surface area contributed by atoms with Gasteiger partial charge in [-0.05, 0) is 38.0 Å². The van der Waals surface area contributed by atoms with Gasteiger partial charge in [-0.2, -0.15) is 0 Å². The van der Waals surface area contributed by atoms with Crippen LogP contribution in [0.1, 0.15) is 36.2 Å². The Balaban J connectivity index is 2.01. The Bertz CT molecular complexity index is 728. The molecule has 2 rings (SSSR count). The minimum Gasteiger partial charge on any atom is -0.449 e. The van der Waals surface area contributed by atoms with Gasteiger partial charge in [0, 0.05) is 12.6 Å². The molecular formula is C17H23NO6S. The predicted octanol–water partition coefficient (Wildman–Crippen LogP) is 0.760. The van der Waals surface area contributed by atoms with Gasteiger partial charge in [0.15, 0.2) is 15.9 Å². The van der Waals surface area contributed by atoms with Crippen molar-refractivity contribution in [1.29, 1.82) is 0 Å². The Morgan fingerprint density at radius 3 is 2.44 bits per heavy atom. The molecule has 0 spiro atoms. The standard InChI is InChI=1S/C17H23NO6S/c1-3-18(15-8-9-25(22,23)11-15)16(20)12(2)24-17(21)14-6-4-13(10-19)5-7-14/h4-7,12,15,19H,3,8-11H2,1-2H3/t12-,15+/m1/s1. The lowest BCUT2D eigenvalue weighted by atomic mass is 10.1. The van der Waals surface area contributed by atoms with E-state index in [2.05, 4.69) is 0 Å². The lowest BCUT2D eigenvalue weighted by Crippen LogP contribution is -2.46. The van der Waals surface area contributed by atoms with E-state index in [1.165, 1.54) is 24.0 Å². The van der Waals surface area contributed by atoms with E-state index in [-0.39, 0.29) is 29.7 Å². The minimum absolute atomic E-state index is 0.0458. The Morgan fingerprint density at radius 2 is 1.96 bits per heavy atom. The number of ether oxygens (including phenoxy) is 1. The van der Waals surface area contributed by atoms with Crippen LogP contribution in [0.2, 0.25) is 0 Å². The van der Waals surface area contributed by atoms with Gasteiger partial charge in [0.25, 0.3) is 5.91 Å². The number of esters is 1. The van der Waals surface area contributed by atoms with E-state index in [9.17, 15) is 18.0 Å². The number of amides is 1. The molecule has 0 aliphatic carbocycles. The van der Waals surface area contributed by atoms with E-state index >= 15 is 0 Å². The van der Waals surface area contributed by atoms with Crippen LogP contribution in [0.3, 0.4) is 0 Å². The van der Waals surface area contributed by atoms with Crippen LogP contribution in [0.15, 0.2) is 24.3 Å². The summed E-state index contributed by atoms with van der Waals surface area (Å²) in [6.07, 6.45) is -0.598. The summed E-state index contributed by atoms with van der Waals surface area (Å²) in [6.45, 7) is 3.48. The van der Waals surface area contributed by atoms with Crippen molar-refractivity contribution in [3.05, 3.63) is 35.4 Å². The second-order valence-electron chi connectivity index (χ2n) is 6.08. The second kappa shape index (κ2) is 7.97. The van der Waals surface area contributed by atoms with Gasteiger partial charge in [-0.15, -0.1) is 0 Å². The van der Waals surface area contributed by atoms with Crippen molar-refractivity contribution in [3.63, 3.8) is 0 Å². The first-order valence-electron chi connectivity index (χ1n) is 8.19. The third-order valence-corrected chi connectivity index (χ3v) is 6.03. The summed E-state index contributed by atoms with van der Waals surface area (Å²) in [6, 6.07) is 5.88. The largest absolute Gasteiger partial charge is 0.449 e. The van der Waals surface area contributed by atoms with Crippen molar-refractivity contribution < 1.29 is 27.9 Å². The highest BCUT2D eigenvalue weighted by molar-refractivity contribution is 7.91. The molecule has 0 radical (unpaired) electrons. The number of carbonyl (C=O) groups is 2. The van der Waals surface area contributed by atoms with Crippen LogP contribution < -0.4 is 0 Å². The zero-order valence-electron chi connectivity index (χ0n) is 14.3. The van der Waals surface area contributed by atoms with Crippen LogP contribution in [-0.2, 0) is 26.0 Å². The topological polar surface area (TPSA) is 101 Å². The molecule has 0 saturated carbocycles. The summed E-state index contributed by atoms with van der Waals surface area (Å²) >= 11 is 0. The number of hydrogen-bond donors (Lipinski definition) is 1. The molecule has 2 atom stereocenters. The van der Waals surface area contributed by atoms with Gasteiger partial charge in [-0.1, -0.05) is 12.1 Å². The summed E-state index contributed by atoms with van der Waals surface area (Å²) in [5, 5.41) is 9.01. The van der Waals surface area contributed by atoms with Gasteiger partial charge in [0.05, 0.1) is 23.7 Å². The zero-order chi connectivity index (χ0) is 18.6. The summed E-state index contributed by atoms with van der Waals surface area (Å²) in [5.41, 5.74) is 0.948. The zero-order valence-corrected chi connectivity index (χ0v) is 15.2. The average molecular weight is 369 g/mol. The molecule has 1 fully saturated rings. The lowest BCUT2D eigenvalue weighted by Gasteiger charge is -2.29. The van der Waals surface area contributed by atoms with Crippen molar-refractivity contribution in [1.82, 2.24) is 4.90 Å². The highest BCUT2D eigenvalue weighted by Gasteiger charge is 2.36. The van der Waals surface area contributed by atoms with Crippen LogP contribution in [0, 0.1) is 0 Å². The molecule has 0 bridgehead atoms. The van der Waals surface area contributed by atoms with Gasteiger partial charge in [0.1, 0.15) is 0 Å². The van der Waals surface area contributed by atoms with E-state index in [0.29, 0.717) is 18.5 Å². The summed E-state index contributed by atoms with van der Waals surface area (Å²) < 4.78 is 28.5. The average Bonchev–Trinajstić information content (AvgIpc) is 2.95. The summed E-state index contributed by atoms with van der Waals surface area (Å²) in [7, 11) is -3.10. The smallest absolute Gasteiger partial charge is 0.338 e. The van der Waals surface area contributed by atoms with Crippen molar-refractivity contribution >= 4 is 21.7 Å². The number of rotatable bonds is 6. The number of aliphatic hydroxyl groups is 1. The van der Waals surface area contributed by atoms with Crippen LogP contribution >= 0.6 is 0 Å². The molecule has 0 unspecified atom stereocenters. The van der Waals surface area contributed by atoms with Gasteiger partial charge >= 0.3 is 5.97 Å². The summed E-state index contributed by atoms with van der Waals surface area (Å²) in [4.78, 5) is 26.2. The monoisotopic (exact) mass is 369 g/mol. The maximum atomic E-state index is 12.6. The molecule has 1 aliphatic heterocycles. The molecule has 1 N–H and O–H groups in total. The van der Waals surface area contributed by atoms with Gasteiger partial charge in [-0.25, -0.2) is 13.2 Å². The van der Waals surface area contributed by atoms with E-state index in [0.717, 1.165) is 0 Å². The molecule has 1 saturated heterocycles. The van der Waals surface area contributed by atoms with E-state index < -0.39 is 27.8 Å². The lowest BCUT2D eigenvalue weighted by molar-refractivity contribution is -0.141. The molecule has 1 aliphatic rings. The summed E-state index contributed by atoms with van der Waals surface area (Å²) in [5.74, 6) is -1.01. The molecule has 1 amide bonds. The van der Waals surface area contributed by atoms with Crippen LogP contribution in [-0.4, -0.2) is 60.5 Å². The molecular weight excluding hydrogens is 346 g/mol. The fourth-order valence-corrected chi connectivity index (χ4v) is 4.60. The molecule has 1 heterocycles. The second-order valence-corrected chi connectivity index (χ2v) is 8.31. The van der Waals surface area contributed by atoms with Crippen LogP contribution in [0.25, 0.3) is 0 Å². The Kier molecular flexibility index (Phi) is 6.18. The fourth-order valence-electron chi connectivity index (χ4n) is 2.87. The van der Waals surface area contributed by atoms with Crippen LogP contribution in [0.4, 0.5) is 0 Å². The normalized spacial score (nSPS) is 20.0. The molecule has 8 heteroatoms. The van der Waals surface area contributed by atoms with E-state index in [1.54, 1.807) is 19.1 Å². The van der Waals surface area contributed by atoms with E-state index in [4.69, 9.17) is 9.84 Å². The fraction of sp³-hybridized carbons (Fsp3) is 0.529. The first-order chi connectivity index (χ1) is 11.8. The number of carbonyl (C=O) groups excluding carboxylic acids is 2.